The van der Waals surface area contributed by atoms with E-state index in [1.807, 2.05) is 0 Å². The third kappa shape index (κ3) is 2.40. The van der Waals surface area contributed by atoms with Crippen LogP contribution < -0.4 is 0 Å². The van der Waals surface area contributed by atoms with E-state index in [1.54, 1.807) is 12.1 Å². The zero-order chi connectivity index (χ0) is 13.0. The highest BCUT2D eigenvalue weighted by atomic mass is 19.1. The molecule has 0 fully saturated rings. The van der Waals surface area contributed by atoms with Crippen LogP contribution in [0.3, 0.4) is 0 Å². The number of halogens is 1. The van der Waals surface area contributed by atoms with Gasteiger partial charge in [-0.3, -0.25) is 9.78 Å². The highest BCUT2D eigenvalue weighted by molar-refractivity contribution is 6.50. The molecule has 1 heterocycles. The number of ketones is 1. The topological polar surface area (TPSA) is 62.5 Å². The Labute approximate surface area is 102 Å². The van der Waals surface area contributed by atoms with E-state index in [-0.39, 0.29) is 11.4 Å². The van der Waals surface area contributed by atoms with Gasteiger partial charge in [-0.2, -0.15) is 0 Å². The van der Waals surface area contributed by atoms with Gasteiger partial charge in [0.05, 0.1) is 0 Å². The molecule has 0 spiro atoms. The van der Waals surface area contributed by atoms with Gasteiger partial charge in [0.15, 0.2) is 5.71 Å². The van der Waals surface area contributed by atoms with Crippen molar-refractivity contribution in [3.63, 3.8) is 0 Å². The van der Waals surface area contributed by atoms with Crippen molar-refractivity contribution >= 4 is 11.5 Å². The highest BCUT2D eigenvalue weighted by Gasteiger charge is 2.17. The van der Waals surface area contributed by atoms with E-state index in [9.17, 15) is 9.18 Å². The summed E-state index contributed by atoms with van der Waals surface area (Å²) >= 11 is 0. The molecule has 1 aromatic heterocycles. The first-order valence-electron chi connectivity index (χ1n) is 5.16. The number of carbonyl (C=O) groups excluding carboxylic acids is 1. The molecule has 90 valence electrons. The summed E-state index contributed by atoms with van der Waals surface area (Å²) in [5.74, 6) is -0.953. The van der Waals surface area contributed by atoms with Gasteiger partial charge in [-0.05, 0) is 36.4 Å². The first kappa shape index (κ1) is 11.9. The molecule has 2 aromatic rings. The van der Waals surface area contributed by atoms with Crippen molar-refractivity contribution in [2.75, 3.05) is 0 Å². The lowest BCUT2D eigenvalue weighted by Crippen LogP contribution is -2.17. The molecule has 2 rings (SSSR count). The normalized spacial score (nSPS) is 11.3. The Hall–Kier alpha value is -2.56. The van der Waals surface area contributed by atoms with Crippen LogP contribution in [0.15, 0.2) is 53.8 Å². The van der Waals surface area contributed by atoms with Gasteiger partial charge in [0.25, 0.3) is 0 Å². The fourth-order valence-electron chi connectivity index (χ4n) is 1.46. The van der Waals surface area contributed by atoms with Crippen LogP contribution in [-0.4, -0.2) is 21.7 Å². The summed E-state index contributed by atoms with van der Waals surface area (Å²) in [7, 11) is 0. The molecule has 0 saturated heterocycles. The zero-order valence-electron chi connectivity index (χ0n) is 9.25. The van der Waals surface area contributed by atoms with E-state index in [0.29, 0.717) is 5.56 Å². The Morgan fingerprint density at radius 3 is 2.44 bits per heavy atom. The monoisotopic (exact) mass is 244 g/mol. The number of pyridine rings is 1. The van der Waals surface area contributed by atoms with E-state index in [1.165, 1.54) is 36.5 Å². The quantitative estimate of drug-likeness (QED) is 0.390. The maximum atomic E-state index is 12.8. The number of aromatic nitrogens is 1. The van der Waals surface area contributed by atoms with E-state index in [2.05, 4.69) is 10.1 Å². The van der Waals surface area contributed by atoms with Crippen molar-refractivity contribution in [2.45, 2.75) is 0 Å². The third-order valence-electron chi connectivity index (χ3n) is 2.33. The molecule has 1 N–H and O–H groups in total. The minimum atomic E-state index is -0.523. The first-order chi connectivity index (χ1) is 8.72. The minimum Gasteiger partial charge on any atom is -0.410 e. The molecule has 0 aliphatic carbocycles. The summed E-state index contributed by atoms with van der Waals surface area (Å²) in [5, 5.41) is 11.9. The smallest absolute Gasteiger partial charge is 0.233 e. The van der Waals surface area contributed by atoms with Gasteiger partial charge in [0.1, 0.15) is 11.5 Å². The number of nitrogens with zero attached hydrogens (tertiary/aromatic N) is 2. The molecule has 0 aliphatic rings. The maximum Gasteiger partial charge on any atom is 0.233 e. The summed E-state index contributed by atoms with van der Waals surface area (Å²) in [6, 6.07) is 9.94. The molecule has 4 nitrogen and oxygen atoms in total. The standard InChI is InChI=1S/C13H9FN2O2/c14-10-6-4-9(5-7-10)12(16-18)13(17)11-3-1-2-8-15-11/h1-8,18H/b16-12-. The van der Waals surface area contributed by atoms with Gasteiger partial charge in [-0.15, -0.1) is 0 Å². The van der Waals surface area contributed by atoms with Crippen molar-refractivity contribution in [3.05, 3.63) is 65.7 Å². The Bertz CT molecular complexity index is 580. The lowest BCUT2D eigenvalue weighted by Gasteiger charge is -2.03. The predicted octanol–water partition coefficient (Wildman–Crippen LogP) is 2.28. The summed E-state index contributed by atoms with van der Waals surface area (Å²) in [6.45, 7) is 0. The van der Waals surface area contributed by atoms with Crippen molar-refractivity contribution in [3.8, 4) is 0 Å². The van der Waals surface area contributed by atoms with E-state index in [0.717, 1.165) is 0 Å². The second-order valence-electron chi connectivity index (χ2n) is 3.50. The molecule has 0 atom stereocenters. The van der Waals surface area contributed by atoms with Crippen LogP contribution in [0.25, 0.3) is 0 Å². The largest absolute Gasteiger partial charge is 0.410 e. The molecular formula is C13H9FN2O2. The van der Waals surface area contributed by atoms with Gasteiger partial charge in [0, 0.05) is 11.8 Å². The molecule has 5 heteroatoms. The predicted molar refractivity (Wildman–Crippen MR) is 63.3 cm³/mol. The molecule has 0 amide bonds. The van der Waals surface area contributed by atoms with Crippen LogP contribution in [0.5, 0.6) is 0 Å². The van der Waals surface area contributed by atoms with E-state index < -0.39 is 11.6 Å². The SMILES string of the molecule is O=C(/C(=N\O)c1ccc(F)cc1)c1ccccn1. The second-order valence-corrected chi connectivity index (χ2v) is 3.50. The number of Topliss-reactive ketones (excluding diaryl/α,β-unsaturated/α-hetero) is 1. The van der Waals surface area contributed by atoms with E-state index >= 15 is 0 Å². The first-order valence-corrected chi connectivity index (χ1v) is 5.16. The van der Waals surface area contributed by atoms with Crippen molar-refractivity contribution in [2.24, 2.45) is 5.16 Å². The summed E-state index contributed by atoms with van der Waals surface area (Å²) < 4.78 is 12.8. The highest BCUT2D eigenvalue weighted by Crippen LogP contribution is 2.08. The van der Waals surface area contributed by atoms with Gasteiger partial charge >= 0.3 is 0 Å². The molecular weight excluding hydrogens is 235 g/mol. The minimum absolute atomic E-state index is 0.162. The molecule has 0 unspecified atom stereocenters. The Balaban J connectivity index is 2.36. The molecule has 0 aliphatic heterocycles. The number of rotatable bonds is 3. The molecule has 0 radical (unpaired) electrons. The third-order valence-corrected chi connectivity index (χ3v) is 2.33. The van der Waals surface area contributed by atoms with Gasteiger partial charge in [-0.25, -0.2) is 4.39 Å². The zero-order valence-corrected chi connectivity index (χ0v) is 9.25. The van der Waals surface area contributed by atoms with Crippen LogP contribution in [-0.2, 0) is 0 Å². The summed E-state index contributed by atoms with van der Waals surface area (Å²) in [5.41, 5.74) is 0.317. The van der Waals surface area contributed by atoms with Crippen LogP contribution in [0.4, 0.5) is 4.39 Å². The lowest BCUT2D eigenvalue weighted by molar-refractivity contribution is 0.105. The lowest BCUT2D eigenvalue weighted by atomic mass is 10.0. The van der Waals surface area contributed by atoms with Crippen LogP contribution in [0, 0.1) is 5.82 Å². The van der Waals surface area contributed by atoms with Crippen molar-refractivity contribution < 1.29 is 14.4 Å². The Kier molecular flexibility index (Phi) is 3.43. The average molecular weight is 244 g/mol. The molecule has 18 heavy (non-hydrogen) atoms. The summed E-state index contributed by atoms with van der Waals surface area (Å²) in [4.78, 5) is 15.9. The molecule has 0 saturated carbocycles. The van der Waals surface area contributed by atoms with Crippen LogP contribution in [0.2, 0.25) is 0 Å². The number of oxime groups is 1. The van der Waals surface area contributed by atoms with Gasteiger partial charge < -0.3 is 5.21 Å². The van der Waals surface area contributed by atoms with Crippen LogP contribution >= 0.6 is 0 Å². The summed E-state index contributed by atoms with van der Waals surface area (Å²) in [6.07, 6.45) is 1.47. The number of carbonyl (C=O) groups is 1. The van der Waals surface area contributed by atoms with Crippen molar-refractivity contribution in [1.29, 1.82) is 0 Å². The number of hydrogen-bond donors (Lipinski definition) is 1. The van der Waals surface area contributed by atoms with Crippen LogP contribution in [0.1, 0.15) is 16.1 Å². The maximum absolute atomic E-state index is 12.8. The number of hydrogen-bond acceptors (Lipinski definition) is 4. The average Bonchev–Trinajstić information content (AvgIpc) is 2.42. The fourth-order valence-corrected chi connectivity index (χ4v) is 1.46. The van der Waals surface area contributed by atoms with E-state index in [4.69, 9.17) is 5.21 Å². The Morgan fingerprint density at radius 2 is 1.89 bits per heavy atom. The second kappa shape index (κ2) is 5.18. The number of benzene rings is 1. The van der Waals surface area contributed by atoms with Gasteiger partial charge in [0.2, 0.25) is 5.78 Å². The molecule has 0 bridgehead atoms. The fraction of sp³-hybridized carbons (Fsp3) is 0. The Morgan fingerprint density at radius 1 is 1.17 bits per heavy atom. The molecule has 1 aromatic carbocycles. The van der Waals surface area contributed by atoms with Crippen molar-refractivity contribution in [1.82, 2.24) is 4.98 Å². The van der Waals surface area contributed by atoms with Gasteiger partial charge in [-0.1, -0.05) is 11.2 Å².